The summed E-state index contributed by atoms with van der Waals surface area (Å²) in [6, 6.07) is 2.94. The number of nitrogens with one attached hydrogen (secondary N) is 1. The third-order valence-electron chi connectivity index (χ3n) is 5.41. The van der Waals surface area contributed by atoms with Crippen LogP contribution >= 0.6 is 11.8 Å². The van der Waals surface area contributed by atoms with Gasteiger partial charge in [-0.15, -0.1) is 0 Å². The zero-order valence-corrected chi connectivity index (χ0v) is 23.9. The molecule has 0 bridgehead atoms. The Morgan fingerprint density at radius 2 is 1.27 bits per heavy atom. The van der Waals surface area contributed by atoms with Crippen molar-refractivity contribution in [2.45, 2.75) is 76.3 Å². The van der Waals surface area contributed by atoms with Gasteiger partial charge < -0.3 is 38.1 Å². The molecule has 0 saturated carbocycles. The molecule has 0 amide bonds. The molecule has 1 aliphatic rings. The van der Waals surface area contributed by atoms with E-state index in [-0.39, 0.29) is 18.1 Å². The Kier molecular flexibility index (Phi) is 10.3. The molecular weight excluding hydrogens is 566 g/mol. The molecule has 1 fully saturated rings. The molecule has 0 spiro atoms. The van der Waals surface area contributed by atoms with E-state index in [4.69, 9.17) is 33.2 Å². The first-order valence-corrected chi connectivity index (χ1v) is 13.1. The fraction of sp³-hybridized carbons (Fsp3) is 0.462. The lowest BCUT2D eigenvalue weighted by molar-refractivity contribution is -0.237. The van der Waals surface area contributed by atoms with Crippen molar-refractivity contribution in [3.63, 3.8) is 0 Å². The van der Waals surface area contributed by atoms with Crippen molar-refractivity contribution in [3.05, 3.63) is 18.3 Å². The van der Waals surface area contributed by atoms with Crippen LogP contribution in [-0.2, 0) is 52.5 Å². The fourth-order valence-electron chi connectivity index (χ4n) is 4.08. The molecule has 2 aromatic rings. The lowest BCUT2D eigenvalue weighted by Gasteiger charge is -2.44. The minimum Gasteiger partial charge on any atom is -0.463 e. The van der Waals surface area contributed by atoms with Gasteiger partial charge in [-0.2, -0.15) is 0 Å². The number of hydrogen-bond acceptors (Lipinski definition) is 14. The summed E-state index contributed by atoms with van der Waals surface area (Å²) in [7, 11) is 0. The number of esters is 6. The van der Waals surface area contributed by atoms with Crippen LogP contribution in [0.4, 0.5) is 0 Å². The van der Waals surface area contributed by atoms with Crippen LogP contribution in [-0.4, -0.2) is 77.3 Å². The van der Waals surface area contributed by atoms with Gasteiger partial charge in [0, 0.05) is 64.1 Å². The average molecular weight is 596 g/mol. The number of aromatic nitrogens is 1. The fourth-order valence-corrected chi connectivity index (χ4v) is 5.30. The SMILES string of the molecule is CC(=O)OC[C@H]1O[C@@H](Sc2c[nH]c3cc(OC(C)=O)c(OC(C)=O)cc23)[C@H](OC(C)=O)[C@@H](OC(C)=O)[C@@H]1OC(C)=O. The number of benzene rings is 1. The highest BCUT2D eigenvalue weighted by Crippen LogP contribution is 2.42. The van der Waals surface area contributed by atoms with Crippen molar-refractivity contribution in [3.8, 4) is 11.5 Å². The number of rotatable bonds is 9. The molecule has 3 rings (SSSR count). The monoisotopic (exact) mass is 595 g/mol. The lowest BCUT2D eigenvalue weighted by atomic mass is 9.99. The summed E-state index contributed by atoms with van der Waals surface area (Å²) < 4.78 is 38.0. The third kappa shape index (κ3) is 8.44. The Labute approximate surface area is 238 Å². The molecule has 1 N–H and O–H groups in total. The Morgan fingerprint density at radius 3 is 1.80 bits per heavy atom. The number of H-pyrrole nitrogens is 1. The normalized spacial score (nSPS) is 21.9. The van der Waals surface area contributed by atoms with E-state index >= 15 is 0 Å². The minimum atomic E-state index is -1.33. The first-order chi connectivity index (χ1) is 19.2. The average Bonchev–Trinajstić information content (AvgIpc) is 3.21. The van der Waals surface area contributed by atoms with Crippen LogP contribution in [0.2, 0.25) is 0 Å². The van der Waals surface area contributed by atoms with Crippen LogP contribution in [0.1, 0.15) is 41.5 Å². The van der Waals surface area contributed by atoms with E-state index in [1.807, 2.05) is 0 Å². The summed E-state index contributed by atoms with van der Waals surface area (Å²) in [5, 5.41) is 0.509. The predicted octanol–water partition coefficient (Wildman–Crippen LogP) is 2.19. The van der Waals surface area contributed by atoms with E-state index in [0.29, 0.717) is 15.8 Å². The maximum absolute atomic E-state index is 12.1. The van der Waals surface area contributed by atoms with Crippen molar-refractivity contribution in [2.75, 3.05) is 6.61 Å². The van der Waals surface area contributed by atoms with Gasteiger partial charge in [0.15, 0.2) is 29.8 Å². The lowest BCUT2D eigenvalue weighted by Crippen LogP contribution is -2.61. The number of thioether (sulfide) groups is 1. The summed E-state index contributed by atoms with van der Waals surface area (Å²) in [5.74, 6) is -4.16. The molecule has 2 heterocycles. The van der Waals surface area contributed by atoms with E-state index in [1.165, 1.54) is 32.9 Å². The molecule has 222 valence electrons. The zero-order valence-electron chi connectivity index (χ0n) is 23.0. The topological polar surface area (TPSA) is 183 Å². The van der Waals surface area contributed by atoms with Crippen molar-refractivity contribution in [1.82, 2.24) is 4.98 Å². The molecule has 41 heavy (non-hydrogen) atoms. The second kappa shape index (κ2) is 13.5. The van der Waals surface area contributed by atoms with Gasteiger partial charge in [0.2, 0.25) is 0 Å². The van der Waals surface area contributed by atoms with Crippen LogP contribution in [0.25, 0.3) is 10.9 Å². The van der Waals surface area contributed by atoms with Crippen LogP contribution in [0.5, 0.6) is 11.5 Å². The maximum atomic E-state index is 12.1. The first-order valence-electron chi connectivity index (χ1n) is 12.2. The summed E-state index contributed by atoms with van der Waals surface area (Å²) in [6.45, 7) is 6.60. The Balaban J connectivity index is 2.08. The van der Waals surface area contributed by atoms with Crippen LogP contribution < -0.4 is 9.47 Å². The van der Waals surface area contributed by atoms with Gasteiger partial charge in [-0.25, -0.2) is 0 Å². The standard InChI is InChI=1S/C26H29NO13S/c1-11(28)34-10-21-23(37-14(4)31)24(38-15(5)32)25(39-16(6)33)26(40-21)41-22-9-27-18-8-20(36-13(3)30)19(7-17(18)22)35-12(2)29/h7-9,21,23-27H,10H2,1-6H3/t21-,23-,24+,25-,26+/m1/s1. The first kappa shape index (κ1) is 31.4. The highest BCUT2D eigenvalue weighted by Gasteiger charge is 2.52. The third-order valence-corrected chi connectivity index (χ3v) is 6.61. The highest BCUT2D eigenvalue weighted by atomic mass is 32.2. The van der Waals surface area contributed by atoms with Gasteiger partial charge in [0.25, 0.3) is 0 Å². The number of aromatic amines is 1. The molecule has 0 aliphatic carbocycles. The molecule has 1 aromatic carbocycles. The van der Waals surface area contributed by atoms with Gasteiger partial charge >= 0.3 is 35.8 Å². The molecule has 1 aliphatic heterocycles. The van der Waals surface area contributed by atoms with Gasteiger partial charge in [-0.1, -0.05) is 11.8 Å². The molecule has 14 nitrogen and oxygen atoms in total. The zero-order chi connectivity index (χ0) is 30.4. The van der Waals surface area contributed by atoms with Gasteiger partial charge in [0.05, 0.1) is 5.52 Å². The molecule has 0 unspecified atom stereocenters. The molecule has 15 heteroatoms. The largest absolute Gasteiger partial charge is 0.463 e. The van der Waals surface area contributed by atoms with E-state index in [2.05, 4.69) is 4.98 Å². The number of ether oxygens (including phenoxy) is 7. The Morgan fingerprint density at radius 1 is 0.732 bits per heavy atom. The summed E-state index contributed by atoms with van der Waals surface area (Å²) in [6.07, 6.45) is -3.43. The van der Waals surface area contributed by atoms with Crippen molar-refractivity contribution >= 4 is 58.5 Å². The van der Waals surface area contributed by atoms with E-state index < -0.39 is 65.7 Å². The van der Waals surface area contributed by atoms with Crippen molar-refractivity contribution < 1.29 is 61.9 Å². The maximum Gasteiger partial charge on any atom is 0.308 e. The van der Waals surface area contributed by atoms with Crippen LogP contribution in [0.15, 0.2) is 23.2 Å². The van der Waals surface area contributed by atoms with Crippen LogP contribution in [0.3, 0.4) is 0 Å². The minimum absolute atomic E-state index is 0.00546. The van der Waals surface area contributed by atoms with Crippen molar-refractivity contribution in [2.24, 2.45) is 0 Å². The molecule has 1 saturated heterocycles. The molecule has 0 radical (unpaired) electrons. The number of hydrogen-bond donors (Lipinski definition) is 1. The summed E-state index contributed by atoms with van der Waals surface area (Å²) in [4.78, 5) is 74.4. The number of carbonyl (C=O) groups excluding carboxylic acids is 6. The van der Waals surface area contributed by atoms with E-state index in [9.17, 15) is 28.8 Å². The predicted molar refractivity (Wildman–Crippen MR) is 139 cm³/mol. The summed E-state index contributed by atoms with van der Waals surface area (Å²) >= 11 is 1.04. The van der Waals surface area contributed by atoms with Gasteiger partial charge in [-0.05, 0) is 6.07 Å². The number of carbonyl (C=O) groups is 6. The number of fused-ring (bicyclic) bond motifs is 1. The molecule has 5 atom stereocenters. The van der Waals surface area contributed by atoms with E-state index in [1.54, 1.807) is 6.20 Å². The second-order valence-corrected chi connectivity index (χ2v) is 10.0. The smallest absolute Gasteiger partial charge is 0.308 e. The van der Waals surface area contributed by atoms with Crippen LogP contribution in [0, 0.1) is 0 Å². The summed E-state index contributed by atoms with van der Waals surface area (Å²) in [5.41, 5.74) is -0.592. The second-order valence-electron chi connectivity index (χ2n) is 8.87. The van der Waals surface area contributed by atoms with Gasteiger partial charge in [0.1, 0.15) is 18.1 Å². The quantitative estimate of drug-likeness (QED) is 0.253. The Bertz CT molecular complexity index is 1350. The van der Waals surface area contributed by atoms with E-state index in [0.717, 1.165) is 32.5 Å². The van der Waals surface area contributed by atoms with Crippen molar-refractivity contribution in [1.29, 1.82) is 0 Å². The van der Waals surface area contributed by atoms with Gasteiger partial charge in [-0.3, -0.25) is 28.8 Å². The highest BCUT2D eigenvalue weighted by molar-refractivity contribution is 8.00. The molecular formula is C26H29NO13S. The Hall–Kier alpha value is -4.11. The molecule has 1 aromatic heterocycles.